The van der Waals surface area contributed by atoms with Crippen molar-refractivity contribution in [1.82, 2.24) is 5.32 Å². The molecule has 9 heteroatoms. The van der Waals surface area contributed by atoms with Gasteiger partial charge in [0.2, 0.25) is 0 Å². The van der Waals surface area contributed by atoms with E-state index < -0.39 is 23.6 Å². The minimum Gasteiger partial charge on any atom is -0.507 e. The number of carbonyl (C=O) groups excluding carboxylic acids is 1. The number of hydrogen-bond donors (Lipinski definition) is 5. The molecule has 0 fully saturated rings. The molecule has 1 aromatic carbocycles. The van der Waals surface area contributed by atoms with Gasteiger partial charge in [0, 0.05) is 24.9 Å². The Bertz CT molecular complexity index is 838. The van der Waals surface area contributed by atoms with Crippen LogP contribution in [0.15, 0.2) is 0 Å². The van der Waals surface area contributed by atoms with Gasteiger partial charge in [0.25, 0.3) is 5.91 Å². The van der Waals surface area contributed by atoms with E-state index in [0.29, 0.717) is 18.7 Å². The number of aliphatic carboxylic acids is 2. The van der Waals surface area contributed by atoms with Crippen molar-refractivity contribution in [3.8, 4) is 11.5 Å². The fourth-order valence-electron chi connectivity index (χ4n) is 3.24. The van der Waals surface area contributed by atoms with Crippen molar-refractivity contribution in [2.45, 2.75) is 78.4 Å². The molecule has 2 rings (SSSR count). The number of rotatable bonds is 7. The molecule has 1 aliphatic heterocycles. The third-order valence-electron chi connectivity index (χ3n) is 5.52. The van der Waals surface area contributed by atoms with Gasteiger partial charge in [-0.15, -0.1) is 0 Å². The Morgan fingerprint density at radius 3 is 2.29 bits per heavy atom. The normalized spacial score (nSPS) is 18.0. The number of carboxylic acid groups (broad SMARTS) is 2. The van der Waals surface area contributed by atoms with Crippen molar-refractivity contribution < 1.29 is 34.4 Å². The van der Waals surface area contributed by atoms with Crippen molar-refractivity contribution in [2.75, 3.05) is 6.54 Å². The van der Waals surface area contributed by atoms with Gasteiger partial charge in [0.15, 0.2) is 5.60 Å². The summed E-state index contributed by atoms with van der Waals surface area (Å²) < 4.78 is 6.10. The zero-order chi connectivity index (χ0) is 23.9. The van der Waals surface area contributed by atoms with Crippen LogP contribution in [0.2, 0.25) is 0 Å². The van der Waals surface area contributed by atoms with Crippen molar-refractivity contribution in [2.24, 2.45) is 5.73 Å². The van der Waals surface area contributed by atoms with E-state index in [-0.39, 0.29) is 18.7 Å². The zero-order valence-electron chi connectivity index (χ0n) is 18.9. The summed E-state index contributed by atoms with van der Waals surface area (Å²) in [7, 11) is 0. The van der Waals surface area contributed by atoms with Crippen LogP contribution in [0.5, 0.6) is 11.5 Å². The summed E-state index contributed by atoms with van der Waals surface area (Å²) in [6.07, 6.45) is 2.05. The Kier molecular flexibility index (Phi) is 9.30. The summed E-state index contributed by atoms with van der Waals surface area (Å²) in [5.74, 6) is -1.15. The van der Waals surface area contributed by atoms with Crippen molar-refractivity contribution >= 4 is 17.8 Å². The van der Waals surface area contributed by atoms with Crippen LogP contribution < -0.4 is 15.8 Å². The monoisotopic (exact) mass is 438 g/mol. The van der Waals surface area contributed by atoms with Crippen LogP contribution in [-0.2, 0) is 20.8 Å². The first kappa shape index (κ1) is 26.2. The van der Waals surface area contributed by atoms with Crippen LogP contribution in [0.1, 0.15) is 61.8 Å². The van der Waals surface area contributed by atoms with Crippen LogP contribution in [0, 0.1) is 20.8 Å². The van der Waals surface area contributed by atoms with E-state index >= 15 is 0 Å². The van der Waals surface area contributed by atoms with E-state index in [2.05, 4.69) is 5.32 Å². The lowest BCUT2D eigenvalue weighted by atomic mass is 9.86. The number of nitrogens with two attached hydrogens (primary N) is 1. The molecule has 1 heterocycles. The van der Waals surface area contributed by atoms with E-state index in [4.69, 9.17) is 20.7 Å². The quantitative estimate of drug-likeness (QED) is 0.433. The summed E-state index contributed by atoms with van der Waals surface area (Å²) in [4.78, 5) is 32.2. The highest BCUT2D eigenvalue weighted by molar-refractivity contribution is 5.85. The molecule has 31 heavy (non-hydrogen) atoms. The highest BCUT2D eigenvalue weighted by Crippen LogP contribution is 2.43. The number of hydrogen-bond acceptors (Lipinski definition) is 6. The highest BCUT2D eigenvalue weighted by Gasteiger charge is 2.40. The zero-order valence-corrected chi connectivity index (χ0v) is 18.9. The molecule has 0 saturated carbocycles. The highest BCUT2D eigenvalue weighted by atomic mass is 16.5. The lowest BCUT2D eigenvalue weighted by Gasteiger charge is -2.36. The lowest BCUT2D eigenvalue weighted by molar-refractivity contribution is -0.140. The van der Waals surface area contributed by atoms with E-state index in [1.54, 1.807) is 0 Å². The molecule has 0 radical (unpaired) electrons. The summed E-state index contributed by atoms with van der Waals surface area (Å²) in [5.41, 5.74) is 7.80. The minimum atomic E-state index is -1.17. The summed E-state index contributed by atoms with van der Waals surface area (Å²) >= 11 is 0. The molecule has 174 valence electrons. The molecule has 0 spiro atoms. The Balaban J connectivity index is 0.000000407. The second-order valence-corrected chi connectivity index (χ2v) is 8.00. The van der Waals surface area contributed by atoms with Gasteiger partial charge in [-0.1, -0.05) is 6.92 Å². The second-order valence-electron chi connectivity index (χ2n) is 8.00. The van der Waals surface area contributed by atoms with E-state index in [9.17, 15) is 19.5 Å². The van der Waals surface area contributed by atoms with Gasteiger partial charge in [-0.25, -0.2) is 0 Å². The first-order chi connectivity index (χ1) is 14.4. The third-order valence-corrected chi connectivity index (χ3v) is 5.52. The van der Waals surface area contributed by atoms with Gasteiger partial charge in [-0.3, -0.25) is 14.4 Å². The average Bonchev–Trinajstić information content (AvgIpc) is 2.72. The van der Waals surface area contributed by atoms with Gasteiger partial charge in [0.05, 0.1) is 0 Å². The van der Waals surface area contributed by atoms with E-state index in [0.717, 1.165) is 40.8 Å². The molecular weight excluding hydrogens is 404 g/mol. The smallest absolute Gasteiger partial charge is 0.320 e. The number of fused-ring (bicyclic) bond motifs is 1. The molecule has 1 aliphatic rings. The second kappa shape index (κ2) is 11.0. The van der Waals surface area contributed by atoms with Gasteiger partial charge in [-0.2, -0.15) is 0 Å². The molecule has 2 unspecified atom stereocenters. The van der Waals surface area contributed by atoms with Gasteiger partial charge < -0.3 is 31.1 Å². The molecule has 0 saturated heterocycles. The average molecular weight is 439 g/mol. The number of benzene rings is 1. The van der Waals surface area contributed by atoms with Gasteiger partial charge >= 0.3 is 11.9 Å². The van der Waals surface area contributed by atoms with E-state index in [1.807, 2.05) is 34.6 Å². The number of nitrogens with one attached hydrogen (secondary N) is 1. The van der Waals surface area contributed by atoms with Crippen LogP contribution in [0.3, 0.4) is 0 Å². The standard InChI is InChI=1S/C17H25NO3.C5H9NO4/c1-6-9-18-16(20)17(5)8-7-13-12(4)14(19)10(2)11(3)15(13)21-17;6-3(5(9)10)1-2-4(7)8/h19H,6-9H2,1-5H3,(H,18,20);3H,1-2,6H2,(H,7,8)(H,9,10). The molecule has 0 aliphatic carbocycles. The molecule has 6 N–H and O–H groups in total. The molecule has 0 bridgehead atoms. The summed E-state index contributed by atoms with van der Waals surface area (Å²) in [5, 5.41) is 29.4. The molecule has 0 aromatic heterocycles. The maximum absolute atomic E-state index is 12.4. The number of amides is 1. The molecule has 1 aromatic rings. The number of phenolic OH excluding ortho intramolecular Hbond substituents is 1. The number of phenols is 1. The SMILES string of the molecule is CCCNC(=O)C1(C)CCc2c(C)c(O)c(C)c(C)c2O1.NC(CCC(=O)O)C(=O)O. The number of aromatic hydroxyl groups is 1. The van der Waals surface area contributed by atoms with Gasteiger partial charge in [0.1, 0.15) is 17.5 Å². The molecule has 9 nitrogen and oxygen atoms in total. The maximum Gasteiger partial charge on any atom is 0.320 e. The van der Waals surface area contributed by atoms with Crippen LogP contribution >= 0.6 is 0 Å². The topological polar surface area (TPSA) is 159 Å². The summed E-state index contributed by atoms with van der Waals surface area (Å²) in [6, 6.07) is -1.06. The minimum absolute atomic E-state index is 0.0231. The van der Waals surface area contributed by atoms with Crippen molar-refractivity contribution in [1.29, 1.82) is 0 Å². The largest absolute Gasteiger partial charge is 0.507 e. The predicted octanol–water partition coefficient (Wildman–Crippen LogP) is 2.19. The van der Waals surface area contributed by atoms with Crippen LogP contribution in [-0.4, -0.2) is 51.4 Å². The molecule has 2 atom stereocenters. The number of carbonyl (C=O) groups is 3. The first-order valence-corrected chi connectivity index (χ1v) is 10.3. The van der Waals surface area contributed by atoms with Crippen molar-refractivity contribution in [3.05, 3.63) is 22.3 Å². The third kappa shape index (κ3) is 6.58. The van der Waals surface area contributed by atoms with Crippen molar-refractivity contribution in [3.63, 3.8) is 0 Å². The van der Waals surface area contributed by atoms with Crippen LogP contribution in [0.4, 0.5) is 0 Å². The summed E-state index contributed by atoms with van der Waals surface area (Å²) in [6.45, 7) is 10.3. The molecule has 1 amide bonds. The fraction of sp³-hybridized carbons (Fsp3) is 0.591. The maximum atomic E-state index is 12.4. The first-order valence-electron chi connectivity index (χ1n) is 10.3. The molecular formula is C22H34N2O7. The van der Waals surface area contributed by atoms with Crippen LogP contribution in [0.25, 0.3) is 0 Å². The fourth-order valence-corrected chi connectivity index (χ4v) is 3.24. The Morgan fingerprint density at radius 1 is 1.16 bits per heavy atom. The Labute approximate surface area is 182 Å². The lowest BCUT2D eigenvalue weighted by Crippen LogP contribution is -2.51. The van der Waals surface area contributed by atoms with E-state index in [1.165, 1.54) is 0 Å². The Hall–Kier alpha value is -2.81. The number of ether oxygens (including phenoxy) is 1. The number of carboxylic acids is 2. The predicted molar refractivity (Wildman–Crippen MR) is 115 cm³/mol. The Morgan fingerprint density at radius 2 is 1.77 bits per heavy atom. The van der Waals surface area contributed by atoms with Gasteiger partial charge in [-0.05, 0) is 63.6 Å².